The summed E-state index contributed by atoms with van der Waals surface area (Å²) in [6, 6.07) is 6.25. The van der Waals surface area contributed by atoms with Crippen LogP contribution in [-0.4, -0.2) is 29.1 Å². The quantitative estimate of drug-likeness (QED) is 0.817. The molecule has 0 spiro atoms. The number of aromatic nitrogens is 1. The summed E-state index contributed by atoms with van der Waals surface area (Å²) in [5.74, 6) is -0.407. The number of carbonyl (C=O) groups excluding carboxylic acids is 1. The van der Waals surface area contributed by atoms with Gasteiger partial charge in [-0.05, 0) is 24.0 Å². The van der Waals surface area contributed by atoms with Crippen molar-refractivity contribution in [1.82, 2.24) is 10.3 Å². The van der Waals surface area contributed by atoms with Crippen molar-refractivity contribution in [3.63, 3.8) is 0 Å². The van der Waals surface area contributed by atoms with Crippen molar-refractivity contribution in [2.45, 2.75) is 26.7 Å². The molecule has 0 fully saturated rings. The van der Waals surface area contributed by atoms with Gasteiger partial charge in [-0.2, -0.15) is 0 Å². The van der Waals surface area contributed by atoms with Gasteiger partial charge in [-0.1, -0.05) is 26.0 Å². The van der Waals surface area contributed by atoms with Crippen molar-refractivity contribution in [1.29, 1.82) is 0 Å². The SMILES string of the molecule is CC(C)(CCO)CNC(=O)Cc1csc(-c2cccc(F)c2)n1. The molecule has 0 aliphatic heterocycles. The van der Waals surface area contributed by atoms with E-state index in [2.05, 4.69) is 10.3 Å². The van der Waals surface area contributed by atoms with Gasteiger partial charge in [-0.15, -0.1) is 11.3 Å². The minimum absolute atomic E-state index is 0.103. The maximum atomic E-state index is 13.2. The van der Waals surface area contributed by atoms with Gasteiger partial charge in [0.25, 0.3) is 0 Å². The van der Waals surface area contributed by atoms with Crippen LogP contribution in [0.3, 0.4) is 0 Å². The average molecular weight is 336 g/mol. The number of amides is 1. The highest BCUT2D eigenvalue weighted by molar-refractivity contribution is 7.13. The van der Waals surface area contributed by atoms with E-state index < -0.39 is 0 Å². The van der Waals surface area contributed by atoms with E-state index in [1.54, 1.807) is 12.1 Å². The van der Waals surface area contributed by atoms with E-state index in [1.165, 1.54) is 23.5 Å². The predicted molar refractivity (Wildman–Crippen MR) is 89.7 cm³/mol. The fraction of sp³-hybridized carbons (Fsp3) is 0.412. The van der Waals surface area contributed by atoms with Gasteiger partial charge in [0.1, 0.15) is 10.8 Å². The van der Waals surface area contributed by atoms with Crippen LogP contribution < -0.4 is 5.32 Å². The molecule has 0 aliphatic rings. The largest absolute Gasteiger partial charge is 0.396 e. The fourth-order valence-corrected chi connectivity index (χ4v) is 2.91. The van der Waals surface area contributed by atoms with E-state index in [0.29, 0.717) is 29.2 Å². The maximum absolute atomic E-state index is 13.2. The highest BCUT2D eigenvalue weighted by Gasteiger charge is 2.18. The first kappa shape index (κ1) is 17.6. The zero-order valence-corrected chi connectivity index (χ0v) is 14.1. The van der Waals surface area contributed by atoms with Crippen molar-refractivity contribution in [2.24, 2.45) is 5.41 Å². The Hall–Kier alpha value is -1.79. The lowest BCUT2D eigenvalue weighted by molar-refractivity contribution is -0.121. The van der Waals surface area contributed by atoms with Crippen molar-refractivity contribution in [3.05, 3.63) is 41.2 Å². The number of carbonyl (C=O) groups is 1. The molecule has 0 bridgehead atoms. The van der Waals surface area contributed by atoms with Crippen molar-refractivity contribution in [2.75, 3.05) is 13.2 Å². The second-order valence-electron chi connectivity index (χ2n) is 6.25. The lowest BCUT2D eigenvalue weighted by Crippen LogP contribution is -2.35. The number of benzene rings is 1. The summed E-state index contributed by atoms with van der Waals surface area (Å²) in [6.07, 6.45) is 0.828. The number of thiazole rings is 1. The summed E-state index contributed by atoms with van der Waals surface area (Å²) in [7, 11) is 0. The molecule has 23 heavy (non-hydrogen) atoms. The normalized spacial score (nSPS) is 11.5. The summed E-state index contributed by atoms with van der Waals surface area (Å²) in [4.78, 5) is 16.4. The van der Waals surface area contributed by atoms with Crippen LogP contribution in [0, 0.1) is 11.2 Å². The number of nitrogens with one attached hydrogen (secondary N) is 1. The summed E-state index contributed by atoms with van der Waals surface area (Å²) >= 11 is 1.39. The van der Waals surface area contributed by atoms with Gasteiger partial charge in [-0.25, -0.2) is 9.37 Å². The molecule has 0 radical (unpaired) electrons. The Morgan fingerprint density at radius 3 is 2.91 bits per heavy atom. The second-order valence-corrected chi connectivity index (χ2v) is 7.10. The third-order valence-corrected chi connectivity index (χ3v) is 4.46. The van der Waals surface area contributed by atoms with Crippen LogP contribution in [0.25, 0.3) is 10.6 Å². The molecule has 0 saturated carbocycles. The molecule has 1 heterocycles. The Labute approximate surface area is 139 Å². The summed E-state index contributed by atoms with van der Waals surface area (Å²) < 4.78 is 13.2. The summed E-state index contributed by atoms with van der Waals surface area (Å²) in [5.41, 5.74) is 1.25. The molecular formula is C17H21FN2O2S. The highest BCUT2D eigenvalue weighted by atomic mass is 32.1. The van der Waals surface area contributed by atoms with Crippen LogP contribution in [0.1, 0.15) is 26.0 Å². The first-order chi connectivity index (χ1) is 10.9. The maximum Gasteiger partial charge on any atom is 0.226 e. The first-order valence-electron chi connectivity index (χ1n) is 7.47. The standard InChI is InChI=1S/C17H21FN2O2S/c1-17(2,6-7-21)11-19-15(22)9-14-10-23-16(20-14)12-4-3-5-13(18)8-12/h3-5,8,10,21H,6-7,9,11H2,1-2H3,(H,19,22). The number of nitrogens with zero attached hydrogens (tertiary/aromatic N) is 1. The fourth-order valence-electron chi connectivity index (χ4n) is 2.10. The van der Waals surface area contributed by atoms with Gasteiger partial charge in [0.15, 0.2) is 0 Å². The minimum atomic E-state index is -0.303. The number of hydrogen-bond donors (Lipinski definition) is 2. The Kier molecular flexibility index (Phi) is 5.85. The third-order valence-electron chi connectivity index (χ3n) is 3.52. The molecule has 4 nitrogen and oxygen atoms in total. The van der Waals surface area contributed by atoms with E-state index >= 15 is 0 Å². The predicted octanol–water partition coefficient (Wildman–Crippen LogP) is 3.02. The van der Waals surface area contributed by atoms with E-state index in [1.807, 2.05) is 19.2 Å². The van der Waals surface area contributed by atoms with E-state index in [-0.39, 0.29) is 30.2 Å². The zero-order valence-electron chi connectivity index (χ0n) is 13.3. The lowest BCUT2D eigenvalue weighted by Gasteiger charge is -2.23. The molecule has 2 rings (SSSR count). The molecule has 124 valence electrons. The van der Waals surface area contributed by atoms with E-state index in [9.17, 15) is 9.18 Å². The van der Waals surface area contributed by atoms with Gasteiger partial charge in [0, 0.05) is 24.1 Å². The first-order valence-corrected chi connectivity index (χ1v) is 8.35. The summed E-state index contributed by atoms with van der Waals surface area (Å²) in [6.45, 7) is 4.60. The van der Waals surface area contributed by atoms with Crippen LogP contribution in [0.4, 0.5) is 4.39 Å². The lowest BCUT2D eigenvalue weighted by atomic mass is 9.90. The number of aliphatic hydroxyl groups is 1. The molecule has 2 N–H and O–H groups in total. The van der Waals surface area contributed by atoms with Gasteiger partial charge in [-0.3, -0.25) is 4.79 Å². The molecule has 6 heteroatoms. The van der Waals surface area contributed by atoms with Crippen LogP contribution >= 0.6 is 11.3 Å². The van der Waals surface area contributed by atoms with Crippen LogP contribution in [-0.2, 0) is 11.2 Å². The van der Waals surface area contributed by atoms with Gasteiger partial charge < -0.3 is 10.4 Å². The number of hydrogen-bond acceptors (Lipinski definition) is 4. The molecule has 0 saturated heterocycles. The molecule has 0 unspecified atom stereocenters. The summed E-state index contributed by atoms with van der Waals surface area (Å²) in [5, 5.41) is 14.4. The second kappa shape index (κ2) is 7.66. The Bertz CT molecular complexity index is 670. The topological polar surface area (TPSA) is 62.2 Å². The van der Waals surface area contributed by atoms with Crippen molar-refractivity contribution in [3.8, 4) is 10.6 Å². The number of halogens is 1. The Balaban J connectivity index is 1.93. The zero-order chi connectivity index (χ0) is 16.9. The van der Waals surface area contributed by atoms with E-state index in [0.717, 1.165) is 0 Å². The number of rotatable bonds is 7. The van der Waals surface area contributed by atoms with Crippen LogP contribution in [0.5, 0.6) is 0 Å². The Morgan fingerprint density at radius 2 is 2.22 bits per heavy atom. The molecule has 0 aliphatic carbocycles. The van der Waals surface area contributed by atoms with E-state index in [4.69, 9.17) is 5.11 Å². The minimum Gasteiger partial charge on any atom is -0.396 e. The van der Waals surface area contributed by atoms with Crippen LogP contribution in [0.2, 0.25) is 0 Å². The van der Waals surface area contributed by atoms with Gasteiger partial charge in [0.2, 0.25) is 5.91 Å². The Morgan fingerprint density at radius 1 is 1.43 bits per heavy atom. The molecule has 2 aromatic rings. The van der Waals surface area contributed by atoms with Gasteiger partial charge in [0.05, 0.1) is 12.1 Å². The van der Waals surface area contributed by atoms with Crippen molar-refractivity contribution >= 4 is 17.2 Å². The molecule has 0 atom stereocenters. The van der Waals surface area contributed by atoms with Crippen LogP contribution in [0.15, 0.2) is 29.6 Å². The average Bonchev–Trinajstić information content (AvgIpc) is 2.94. The van der Waals surface area contributed by atoms with Gasteiger partial charge >= 0.3 is 0 Å². The molecule has 1 amide bonds. The molecule has 1 aromatic heterocycles. The highest BCUT2D eigenvalue weighted by Crippen LogP contribution is 2.24. The third kappa shape index (κ3) is 5.41. The smallest absolute Gasteiger partial charge is 0.226 e. The number of aliphatic hydroxyl groups excluding tert-OH is 1. The monoisotopic (exact) mass is 336 g/mol. The van der Waals surface area contributed by atoms with Crippen molar-refractivity contribution < 1.29 is 14.3 Å². The molecular weight excluding hydrogens is 315 g/mol. The molecule has 1 aromatic carbocycles.